The van der Waals surface area contributed by atoms with Crippen molar-refractivity contribution >= 4 is 27.5 Å². The fourth-order valence-corrected chi connectivity index (χ4v) is 5.76. The second-order valence-corrected chi connectivity index (χ2v) is 9.31. The highest BCUT2D eigenvalue weighted by atomic mass is 32.1. The minimum absolute atomic E-state index is 0.115. The summed E-state index contributed by atoms with van der Waals surface area (Å²) >= 11 is 1.82. The molecule has 0 bridgehead atoms. The van der Waals surface area contributed by atoms with E-state index in [1.165, 1.54) is 40.4 Å². The van der Waals surface area contributed by atoms with E-state index in [-0.39, 0.29) is 17.6 Å². The van der Waals surface area contributed by atoms with Crippen molar-refractivity contribution in [1.82, 2.24) is 15.3 Å². The molecule has 6 heteroatoms. The molecule has 2 heterocycles. The standard InChI is InChI=1S/C22H20N4OS/c1-13-2-3-19-18(6-13)26-21(28-19)15-8-22(9-15)10-17(11-22)25-20(27)14-4-5-24-16(7-14)12-23/h2-7,15,17H,8-11H2,1H3,(H,25,27). The largest absolute Gasteiger partial charge is 0.349 e. The third-order valence-corrected chi connectivity index (χ3v) is 7.30. The molecule has 1 spiro atoms. The van der Waals surface area contributed by atoms with Gasteiger partial charge in [-0.05, 0) is 67.9 Å². The Morgan fingerprint density at radius 3 is 2.86 bits per heavy atom. The maximum Gasteiger partial charge on any atom is 0.251 e. The number of nitrogens with zero attached hydrogens (tertiary/aromatic N) is 3. The maximum absolute atomic E-state index is 12.4. The molecule has 0 atom stereocenters. The van der Waals surface area contributed by atoms with Crippen molar-refractivity contribution in [3.63, 3.8) is 0 Å². The summed E-state index contributed by atoms with van der Waals surface area (Å²) < 4.78 is 1.27. The number of pyridine rings is 1. The van der Waals surface area contributed by atoms with Gasteiger partial charge in [0.1, 0.15) is 11.8 Å². The Hall–Kier alpha value is -2.78. The summed E-state index contributed by atoms with van der Waals surface area (Å²) in [5, 5.41) is 13.3. The Morgan fingerprint density at radius 2 is 2.07 bits per heavy atom. The summed E-state index contributed by atoms with van der Waals surface area (Å²) in [5.41, 5.74) is 3.53. The molecule has 0 aliphatic heterocycles. The molecule has 2 fully saturated rings. The molecule has 0 radical (unpaired) electrons. The topological polar surface area (TPSA) is 78.7 Å². The van der Waals surface area contributed by atoms with Crippen molar-refractivity contribution < 1.29 is 4.79 Å². The first-order valence-corrected chi connectivity index (χ1v) is 10.4. The van der Waals surface area contributed by atoms with Crippen LogP contribution in [0.25, 0.3) is 10.2 Å². The number of aromatic nitrogens is 2. The molecule has 3 aromatic rings. The van der Waals surface area contributed by atoms with Gasteiger partial charge in [0.05, 0.1) is 15.2 Å². The molecule has 5 rings (SSSR count). The fourth-order valence-electron chi connectivity index (χ4n) is 4.71. The lowest BCUT2D eigenvalue weighted by Crippen LogP contribution is -2.55. The van der Waals surface area contributed by atoms with E-state index in [9.17, 15) is 4.79 Å². The van der Waals surface area contributed by atoms with Gasteiger partial charge in [-0.25, -0.2) is 9.97 Å². The van der Waals surface area contributed by atoms with Crippen LogP contribution in [-0.4, -0.2) is 21.9 Å². The second-order valence-electron chi connectivity index (χ2n) is 8.25. The first-order valence-electron chi connectivity index (χ1n) is 9.58. The van der Waals surface area contributed by atoms with Crippen LogP contribution in [0.4, 0.5) is 0 Å². The molecule has 2 saturated carbocycles. The highest BCUT2D eigenvalue weighted by molar-refractivity contribution is 7.18. The molecule has 5 nitrogen and oxygen atoms in total. The molecule has 140 valence electrons. The Labute approximate surface area is 167 Å². The average Bonchev–Trinajstić information content (AvgIpc) is 3.04. The lowest BCUT2D eigenvalue weighted by Gasteiger charge is -2.57. The molecule has 1 N–H and O–H groups in total. The van der Waals surface area contributed by atoms with Crippen LogP contribution in [0.15, 0.2) is 36.5 Å². The van der Waals surface area contributed by atoms with Gasteiger partial charge in [0.2, 0.25) is 0 Å². The monoisotopic (exact) mass is 388 g/mol. The number of thiazole rings is 1. The second kappa shape index (κ2) is 6.39. The number of hydrogen-bond donors (Lipinski definition) is 1. The zero-order valence-electron chi connectivity index (χ0n) is 15.6. The number of hydrogen-bond acceptors (Lipinski definition) is 5. The van der Waals surface area contributed by atoms with Gasteiger partial charge in [0.25, 0.3) is 5.91 Å². The van der Waals surface area contributed by atoms with Crippen LogP contribution in [0.3, 0.4) is 0 Å². The smallest absolute Gasteiger partial charge is 0.251 e. The van der Waals surface area contributed by atoms with E-state index in [0.717, 1.165) is 18.4 Å². The van der Waals surface area contributed by atoms with Gasteiger partial charge in [-0.1, -0.05) is 6.07 Å². The number of aryl methyl sites for hydroxylation is 1. The van der Waals surface area contributed by atoms with Crippen LogP contribution in [0.2, 0.25) is 0 Å². The summed E-state index contributed by atoms with van der Waals surface area (Å²) in [6.45, 7) is 2.10. The molecule has 2 aliphatic carbocycles. The third-order valence-electron chi connectivity index (χ3n) is 6.10. The van der Waals surface area contributed by atoms with Crippen molar-refractivity contribution in [3.8, 4) is 6.07 Å². The minimum Gasteiger partial charge on any atom is -0.349 e. The van der Waals surface area contributed by atoms with Crippen LogP contribution >= 0.6 is 11.3 Å². The number of carbonyl (C=O) groups excluding carboxylic acids is 1. The van der Waals surface area contributed by atoms with Crippen molar-refractivity contribution in [2.24, 2.45) is 5.41 Å². The number of carbonyl (C=O) groups is 1. The van der Waals surface area contributed by atoms with Crippen molar-refractivity contribution in [2.75, 3.05) is 0 Å². The van der Waals surface area contributed by atoms with E-state index in [1.807, 2.05) is 17.4 Å². The van der Waals surface area contributed by atoms with Gasteiger partial charge in [-0.3, -0.25) is 4.79 Å². The van der Waals surface area contributed by atoms with E-state index in [2.05, 4.69) is 35.4 Å². The predicted molar refractivity (Wildman–Crippen MR) is 108 cm³/mol. The number of nitrogens with one attached hydrogen (secondary N) is 1. The number of amides is 1. The van der Waals surface area contributed by atoms with Gasteiger partial charge >= 0.3 is 0 Å². The summed E-state index contributed by atoms with van der Waals surface area (Å²) in [6, 6.07) is 11.9. The van der Waals surface area contributed by atoms with Gasteiger partial charge in [-0.15, -0.1) is 11.3 Å². The van der Waals surface area contributed by atoms with Gasteiger partial charge < -0.3 is 5.32 Å². The molecular weight excluding hydrogens is 368 g/mol. The highest BCUT2D eigenvalue weighted by Gasteiger charge is 2.54. The predicted octanol–water partition coefficient (Wildman–Crippen LogP) is 4.33. The molecular formula is C22H20N4OS. The molecule has 0 saturated heterocycles. The van der Waals surface area contributed by atoms with Gasteiger partial charge in [0.15, 0.2) is 0 Å². The highest BCUT2D eigenvalue weighted by Crippen LogP contribution is 2.62. The van der Waals surface area contributed by atoms with E-state index in [1.54, 1.807) is 6.07 Å². The third kappa shape index (κ3) is 2.96. The zero-order chi connectivity index (χ0) is 19.3. The van der Waals surface area contributed by atoms with Crippen LogP contribution in [0.5, 0.6) is 0 Å². The first-order chi connectivity index (χ1) is 13.5. The van der Waals surface area contributed by atoms with Crippen LogP contribution < -0.4 is 5.32 Å². The van der Waals surface area contributed by atoms with Gasteiger partial charge in [-0.2, -0.15) is 5.26 Å². The Balaban J connectivity index is 1.17. The summed E-state index contributed by atoms with van der Waals surface area (Å²) in [6.07, 6.45) is 5.93. The maximum atomic E-state index is 12.4. The van der Waals surface area contributed by atoms with E-state index >= 15 is 0 Å². The summed E-state index contributed by atoms with van der Waals surface area (Å²) in [7, 11) is 0. The van der Waals surface area contributed by atoms with E-state index in [4.69, 9.17) is 10.2 Å². The molecule has 1 aromatic carbocycles. The number of nitriles is 1. The minimum atomic E-state index is -0.115. The Kier molecular flexibility index (Phi) is 3.95. The van der Waals surface area contributed by atoms with E-state index < -0.39 is 0 Å². The Bertz CT molecular complexity index is 1120. The molecule has 2 aliphatic rings. The summed E-state index contributed by atoms with van der Waals surface area (Å²) in [4.78, 5) is 21.2. The lowest BCUT2D eigenvalue weighted by molar-refractivity contribution is -0.0187. The van der Waals surface area contributed by atoms with Crippen molar-refractivity contribution in [2.45, 2.75) is 44.6 Å². The number of fused-ring (bicyclic) bond motifs is 1. The zero-order valence-corrected chi connectivity index (χ0v) is 16.4. The van der Waals surface area contributed by atoms with Crippen molar-refractivity contribution in [3.05, 3.63) is 58.4 Å². The van der Waals surface area contributed by atoms with Gasteiger partial charge in [0, 0.05) is 23.7 Å². The van der Waals surface area contributed by atoms with E-state index in [0.29, 0.717) is 16.9 Å². The molecule has 1 amide bonds. The fraction of sp³-hybridized carbons (Fsp3) is 0.364. The molecule has 2 aromatic heterocycles. The number of benzene rings is 1. The average molecular weight is 388 g/mol. The normalized spacial score (nSPS) is 25.7. The van der Waals surface area contributed by atoms with Crippen LogP contribution in [0, 0.1) is 23.7 Å². The van der Waals surface area contributed by atoms with Crippen molar-refractivity contribution in [1.29, 1.82) is 5.26 Å². The first kappa shape index (κ1) is 17.3. The lowest BCUT2D eigenvalue weighted by atomic mass is 9.50. The molecule has 0 unspecified atom stereocenters. The van der Waals surface area contributed by atoms with Crippen LogP contribution in [-0.2, 0) is 0 Å². The summed E-state index contributed by atoms with van der Waals surface area (Å²) in [5.74, 6) is 0.448. The molecule has 28 heavy (non-hydrogen) atoms. The SMILES string of the molecule is Cc1ccc2sc(C3CC4(CC(NC(=O)c5ccnc(C#N)c5)C4)C3)nc2c1. The number of rotatable bonds is 3. The Morgan fingerprint density at radius 1 is 1.25 bits per heavy atom. The quantitative estimate of drug-likeness (QED) is 0.724. The van der Waals surface area contributed by atoms with Crippen LogP contribution in [0.1, 0.15) is 58.2 Å².